The number of hydrogen-bond acceptors (Lipinski definition) is 10. The van der Waals surface area contributed by atoms with Crippen LogP contribution in [0.25, 0.3) is 0 Å². The molecule has 3 rings (SSSR count). The monoisotopic (exact) mass is 579 g/mol. The van der Waals surface area contributed by atoms with Crippen LogP contribution in [0, 0.1) is 5.92 Å². The fraction of sp³-hybridized carbons (Fsp3) is 0.690. The smallest absolute Gasteiger partial charge is 0.302 e. The van der Waals surface area contributed by atoms with Crippen LogP contribution in [-0.4, -0.2) is 101 Å². The van der Waals surface area contributed by atoms with Crippen molar-refractivity contribution in [3.05, 3.63) is 29.8 Å². The number of rotatable bonds is 6. The van der Waals surface area contributed by atoms with Crippen molar-refractivity contribution in [2.24, 2.45) is 5.92 Å². The van der Waals surface area contributed by atoms with Crippen molar-refractivity contribution in [2.45, 2.75) is 96.2 Å². The maximum Gasteiger partial charge on any atom is 0.302 e. The van der Waals surface area contributed by atoms with Crippen LogP contribution in [0.5, 0.6) is 5.75 Å². The van der Waals surface area contributed by atoms with Crippen molar-refractivity contribution < 1.29 is 43.9 Å². The van der Waals surface area contributed by atoms with Crippen LogP contribution in [0.2, 0.25) is 0 Å². The quantitative estimate of drug-likeness (QED) is 0.302. The Hall–Kier alpha value is -2.77. The van der Waals surface area contributed by atoms with Gasteiger partial charge >= 0.3 is 5.97 Å². The molecule has 8 unspecified atom stereocenters. The third kappa shape index (κ3) is 9.37. The minimum atomic E-state index is -1.43. The van der Waals surface area contributed by atoms with Crippen LogP contribution in [0.15, 0.2) is 24.3 Å². The number of amides is 2. The molecule has 2 amide bonds. The fourth-order valence-electron chi connectivity index (χ4n) is 4.95. The zero-order chi connectivity index (χ0) is 30.1. The van der Waals surface area contributed by atoms with Gasteiger partial charge in [0.25, 0.3) is 0 Å². The van der Waals surface area contributed by atoms with E-state index in [9.17, 15) is 29.7 Å². The van der Waals surface area contributed by atoms with Crippen LogP contribution in [0.4, 0.5) is 0 Å². The lowest BCUT2D eigenvalue weighted by Gasteiger charge is -2.38. The molecular formula is C29H45N3O9. The predicted molar refractivity (Wildman–Crippen MR) is 149 cm³/mol. The highest BCUT2D eigenvalue weighted by Crippen LogP contribution is 2.26. The molecule has 5 N–H and O–H groups in total. The summed E-state index contributed by atoms with van der Waals surface area (Å²) in [5, 5.41) is 36.5. The lowest BCUT2D eigenvalue weighted by molar-refractivity contribution is -0.268. The van der Waals surface area contributed by atoms with Gasteiger partial charge < -0.3 is 45.1 Å². The second-order valence-corrected chi connectivity index (χ2v) is 10.9. The topological polar surface area (TPSA) is 167 Å². The maximum atomic E-state index is 13.0. The summed E-state index contributed by atoms with van der Waals surface area (Å²) < 4.78 is 16.8. The third-order valence-corrected chi connectivity index (χ3v) is 7.62. The second-order valence-electron chi connectivity index (χ2n) is 10.9. The summed E-state index contributed by atoms with van der Waals surface area (Å²) in [4.78, 5) is 39.3. The number of benzene rings is 1. The molecule has 1 aromatic rings. The normalized spacial score (nSPS) is 31.0. The molecule has 2 heterocycles. The molecule has 0 saturated carbocycles. The Morgan fingerprint density at radius 2 is 1.83 bits per heavy atom. The third-order valence-electron chi connectivity index (χ3n) is 7.62. The SMILES string of the molecule is CCC(C)C(=O)N1CCCNC(=O)CC(c2ccc(OC3OC(C)C(O)C(O)C3O)cc2)NCCC(OC(C)=O)C1. The van der Waals surface area contributed by atoms with E-state index < -0.39 is 42.8 Å². The highest BCUT2D eigenvalue weighted by Gasteiger charge is 2.43. The van der Waals surface area contributed by atoms with E-state index in [-0.39, 0.29) is 36.7 Å². The van der Waals surface area contributed by atoms with Gasteiger partial charge in [-0.1, -0.05) is 26.0 Å². The van der Waals surface area contributed by atoms with Gasteiger partial charge in [-0.05, 0) is 50.4 Å². The number of aliphatic hydroxyl groups excluding tert-OH is 3. The number of carbonyl (C=O) groups is 3. The number of nitrogens with one attached hydrogen (secondary N) is 2. The van der Waals surface area contributed by atoms with Crippen LogP contribution in [0.1, 0.15) is 65.0 Å². The van der Waals surface area contributed by atoms with E-state index in [0.29, 0.717) is 44.6 Å². The van der Waals surface area contributed by atoms with Crippen LogP contribution >= 0.6 is 0 Å². The summed E-state index contributed by atoms with van der Waals surface area (Å²) in [5.74, 6) is -0.323. The molecule has 41 heavy (non-hydrogen) atoms. The molecule has 8 atom stereocenters. The van der Waals surface area contributed by atoms with Crippen molar-refractivity contribution in [1.82, 2.24) is 15.5 Å². The minimum Gasteiger partial charge on any atom is -0.462 e. The Labute approximate surface area is 241 Å². The van der Waals surface area contributed by atoms with Crippen LogP contribution in [0.3, 0.4) is 0 Å². The lowest BCUT2D eigenvalue weighted by atomic mass is 10.00. The molecule has 0 aromatic heterocycles. The van der Waals surface area contributed by atoms with Gasteiger partial charge in [0.2, 0.25) is 18.1 Å². The van der Waals surface area contributed by atoms with Crippen molar-refractivity contribution in [1.29, 1.82) is 0 Å². The number of hydrogen-bond donors (Lipinski definition) is 5. The number of aliphatic hydroxyl groups is 3. The highest BCUT2D eigenvalue weighted by atomic mass is 16.7. The van der Waals surface area contributed by atoms with Crippen molar-refractivity contribution in [2.75, 3.05) is 26.2 Å². The Balaban J connectivity index is 1.71. The van der Waals surface area contributed by atoms with Gasteiger partial charge in [0, 0.05) is 38.4 Å². The first-order valence-corrected chi connectivity index (χ1v) is 14.4. The molecule has 12 nitrogen and oxygen atoms in total. The molecule has 230 valence electrons. The standard InChI is InChI=1S/C29H45N3O9/c1-5-17(2)28(38)32-14-6-12-31-24(34)15-23(30-13-11-22(16-32)40-19(4)33)20-7-9-21(10-8-20)41-29-27(37)26(36)25(35)18(3)39-29/h7-10,17-18,22-23,25-27,29-30,35-37H,5-6,11-16H2,1-4H3,(H,31,34). The van der Waals surface area contributed by atoms with Gasteiger partial charge in [-0.25, -0.2) is 0 Å². The molecule has 2 fully saturated rings. The second kappa shape index (κ2) is 15.5. The molecule has 12 heteroatoms. The van der Waals surface area contributed by atoms with Gasteiger partial charge in [0.1, 0.15) is 30.2 Å². The summed E-state index contributed by atoms with van der Waals surface area (Å²) in [7, 11) is 0. The van der Waals surface area contributed by atoms with E-state index in [4.69, 9.17) is 14.2 Å². The van der Waals surface area contributed by atoms with E-state index >= 15 is 0 Å². The largest absolute Gasteiger partial charge is 0.462 e. The van der Waals surface area contributed by atoms with Crippen molar-refractivity contribution >= 4 is 17.8 Å². The number of carbonyl (C=O) groups excluding carboxylic acids is 3. The van der Waals surface area contributed by atoms with Crippen molar-refractivity contribution in [3.8, 4) is 5.75 Å². The lowest BCUT2D eigenvalue weighted by Crippen LogP contribution is -2.58. The van der Waals surface area contributed by atoms with Gasteiger partial charge in [-0.2, -0.15) is 0 Å². The fourth-order valence-corrected chi connectivity index (χ4v) is 4.95. The first-order valence-electron chi connectivity index (χ1n) is 14.4. The van der Waals surface area contributed by atoms with Gasteiger partial charge in [-0.15, -0.1) is 0 Å². The van der Waals surface area contributed by atoms with Gasteiger partial charge in [0.05, 0.1) is 12.6 Å². The van der Waals surface area contributed by atoms with E-state index in [1.54, 1.807) is 36.1 Å². The number of esters is 1. The van der Waals surface area contributed by atoms with E-state index in [0.717, 1.165) is 5.56 Å². The zero-order valence-corrected chi connectivity index (χ0v) is 24.3. The summed E-state index contributed by atoms with van der Waals surface area (Å²) >= 11 is 0. The summed E-state index contributed by atoms with van der Waals surface area (Å²) in [6, 6.07) is 6.58. The van der Waals surface area contributed by atoms with Gasteiger partial charge in [0.15, 0.2) is 0 Å². The number of nitrogens with zero attached hydrogens (tertiary/aromatic N) is 1. The van der Waals surface area contributed by atoms with E-state index in [2.05, 4.69) is 10.6 Å². The van der Waals surface area contributed by atoms with Crippen LogP contribution in [-0.2, 0) is 23.9 Å². The summed E-state index contributed by atoms with van der Waals surface area (Å²) in [6.45, 7) is 8.34. The molecule has 2 aliphatic rings. The highest BCUT2D eigenvalue weighted by molar-refractivity contribution is 5.78. The predicted octanol–water partition coefficient (Wildman–Crippen LogP) is 0.630. The minimum absolute atomic E-state index is 0.00489. The molecule has 0 aliphatic carbocycles. The van der Waals surface area contributed by atoms with E-state index in [1.165, 1.54) is 6.92 Å². The zero-order valence-electron chi connectivity index (χ0n) is 24.3. The molecule has 0 radical (unpaired) electrons. The molecule has 0 bridgehead atoms. The maximum absolute atomic E-state index is 13.0. The number of ether oxygens (including phenoxy) is 3. The molecule has 1 aromatic carbocycles. The molecule has 2 aliphatic heterocycles. The molecular weight excluding hydrogens is 534 g/mol. The van der Waals surface area contributed by atoms with Gasteiger partial charge in [-0.3, -0.25) is 14.4 Å². The first kappa shape index (κ1) is 32.7. The first-order chi connectivity index (χ1) is 19.5. The Bertz CT molecular complexity index is 1010. The molecule has 2 saturated heterocycles. The van der Waals surface area contributed by atoms with Crippen molar-refractivity contribution in [3.63, 3.8) is 0 Å². The van der Waals surface area contributed by atoms with E-state index in [1.807, 2.05) is 13.8 Å². The van der Waals surface area contributed by atoms with Crippen LogP contribution < -0.4 is 15.4 Å². The Kier molecular flexibility index (Phi) is 12.3. The summed E-state index contributed by atoms with van der Waals surface area (Å²) in [5.41, 5.74) is 0.814. The molecule has 0 spiro atoms. The Morgan fingerprint density at radius 3 is 2.49 bits per heavy atom. The summed E-state index contributed by atoms with van der Waals surface area (Å²) in [6.07, 6.45) is -4.53. The Morgan fingerprint density at radius 1 is 1.12 bits per heavy atom. The average molecular weight is 580 g/mol. The average Bonchev–Trinajstić information content (AvgIpc) is 2.96.